The summed E-state index contributed by atoms with van der Waals surface area (Å²) in [6.07, 6.45) is 6.72. The minimum Gasteiger partial charge on any atom is -0.342 e. The number of hydrogen-bond acceptors (Lipinski definition) is 2. The molecular weight excluding hydrogens is 236 g/mol. The molecule has 0 unspecified atom stereocenters. The number of nitrogens with one attached hydrogen (secondary N) is 1. The molecule has 1 N–H and O–H groups in total. The van der Waals surface area contributed by atoms with Crippen LogP contribution in [-0.2, 0) is 4.79 Å². The summed E-state index contributed by atoms with van der Waals surface area (Å²) in [6.45, 7) is 4.09. The van der Waals surface area contributed by atoms with E-state index in [2.05, 4.69) is 17.1 Å². The number of hydrogen-bond donors (Lipinski definition) is 1. The summed E-state index contributed by atoms with van der Waals surface area (Å²) < 4.78 is 0. The molecule has 1 aliphatic carbocycles. The van der Waals surface area contributed by atoms with E-state index in [0.29, 0.717) is 11.9 Å². The van der Waals surface area contributed by atoms with E-state index in [4.69, 9.17) is 0 Å². The molecule has 17 heavy (non-hydrogen) atoms. The molecule has 2 fully saturated rings. The van der Waals surface area contributed by atoms with E-state index in [1.165, 1.54) is 0 Å². The smallest absolute Gasteiger partial charge is 0.228 e. The molecule has 2 aliphatic rings. The Hall–Kier alpha value is -0.280. The zero-order valence-corrected chi connectivity index (χ0v) is 11.8. The summed E-state index contributed by atoms with van der Waals surface area (Å²) in [5.74, 6) is 0.448. The summed E-state index contributed by atoms with van der Waals surface area (Å²) in [4.78, 5) is 14.5. The Balaban J connectivity index is 0.00000144. The molecule has 100 valence electrons. The molecule has 0 aromatic rings. The number of carbonyl (C=O) groups is 1. The largest absolute Gasteiger partial charge is 0.342 e. The number of carbonyl (C=O) groups excluding carboxylic acids is 1. The quantitative estimate of drug-likeness (QED) is 0.841. The Kier molecular flexibility index (Phi) is 5.26. The van der Waals surface area contributed by atoms with Crippen molar-refractivity contribution in [3.05, 3.63) is 0 Å². The summed E-state index contributed by atoms with van der Waals surface area (Å²) in [7, 11) is 2.02. The maximum atomic E-state index is 12.4. The van der Waals surface area contributed by atoms with Gasteiger partial charge in [-0.1, -0.05) is 13.3 Å². The lowest BCUT2D eigenvalue weighted by Gasteiger charge is -2.34. The van der Waals surface area contributed by atoms with Crippen LogP contribution in [0.3, 0.4) is 0 Å². The van der Waals surface area contributed by atoms with Crippen molar-refractivity contribution in [3.63, 3.8) is 0 Å². The fourth-order valence-electron chi connectivity index (χ4n) is 2.91. The van der Waals surface area contributed by atoms with Crippen LogP contribution in [0.2, 0.25) is 0 Å². The van der Waals surface area contributed by atoms with Crippen LogP contribution in [0, 0.1) is 5.41 Å². The SMILES string of the molecule is CCCC1(C(=O)N2CCC(NC)CC2)CC1.Cl. The highest BCUT2D eigenvalue weighted by molar-refractivity contribution is 5.85. The molecular formula is C13H25ClN2O. The molecule has 1 saturated heterocycles. The van der Waals surface area contributed by atoms with Gasteiger partial charge in [0.2, 0.25) is 5.91 Å². The highest BCUT2D eigenvalue weighted by atomic mass is 35.5. The Morgan fingerprint density at radius 3 is 2.35 bits per heavy atom. The Morgan fingerprint density at radius 1 is 1.35 bits per heavy atom. The summed E-state index contributed by atoms with van der Waals surface area (Å²) in [5.41, 5.74) is 0.0707. The van der Waals surface area contributed by atoms with Gasteiger partial charge in [-0.3, -0.25) is 4.79 Å². The van der Waals surface area contributed by atoms with E-state index >= 15 is 0 Å². The topological polar surface area (TPSA) is 32.3 Å². The van der Waals surface area contributed by atoms with Crippen LogP contribution in [0.4, 0.5) is 0 Å². The van der Waals surface area contributed by atoms with Crippen molar-refractivity contribution in [2.45, 2.75) is 51.5 Å². The van der Waals surface area contributed by atoms with Gasteiger partial charge in [-0.2, -0.15) is 0 Å². The second-order valence-electron chi connectivity index (χ2n) is 5.39. The van der Waals surface area contributed by atoms with E-state index < -0.39 is 0 Å². The van der Waals surface area contributed by atoms with Crippen LogP contribution in [0.5, 0.6) is 0 Å². The van der Waals surface area contributed by atoms with E-state index in [0.717, 1.165) is 51.6 Å². The van der Waals surface area contributed by atoms with Crippen molar-refractivity contribution in [1.82, 2.24) is 10.2 Å². The van der Waals surface area contributed by atoms with Crippen molar-refractivity contribution in [2.75, 3.05) is 20.1 Å². The normalized spacial score (nSPS) is 23.1. The Morgan fingerprint density at radius 2 is 1.94 bits per heavy atom. The van der Waals surface area contributed by atoms with Gasteiger partial charge in [0.05, 0.1) is 0 Å². The van der Waals surface area contributed by atoms with Gasteiger partial charge < -0.3 is 10.2 Å². The van der Waals surface area contributed by atoms with Crippen LogP contribution in [0.15, 0.2) is 0 Å². The maximum absolute atomic E-state index is 12.4. The molecule has 0 bridgehead atoms. The maximum Gasteiger partial charge on any atom is 0.228 e. The van der Waals surface area contributed by atoms with Crippen LogP contribution in [-0.4, -0.2) is 37.0 Å². The average molecular weight is 261 g/mol. The first-order chi connectivity index (χ1) is 7.72. The predicted octanol–water partition coefficient (Wildman–Crippen LogP) is 2.20. The van der Waals surface area contributed by atoms with Gasteiger partial charge in [-0.15, -0.1) is 12.4 Å². The predicted molar refractivity (Wildman–Crippen MR) is 72.5 cm³/mol. The van der Waals surface area contributed by atoms with Crippen LogP contribution in [0.1, 0.15) is 45.4 Å². The van der Waals surface area contributed by atoms with Gasteiger partial charge in [-0.05, 0) is 39.2 Å². The van der Waals surface area contributed by atoms with Crippen LogP contribution < -0.4 is 5.32 Å². The fourth-order valence-corrected chi connectivity index (χ4v) is 2.91. The monoisotopic (exact) mass is 260 g/mol. The molecule has 1 amide bonds. The first-order valence-corrected chi connectivity index (χ1v) is 6.68. The van der Waals surface area contributed by atoms with Crippen LogP contribution in [0.25, 0.3) is 0 Å². The molecule has 3 nitrogen and oxygen atoms in total. The number of rotatable bonds is 4. The summed E-state index contributed by atoms with van der Waals surface area (Å²) >= 11 is 0. The molecule has 4 heteroatoms. The molecule has 0 aromatic carbocycles. The van der Waals surface area contributed by atoms with Crippen molar-refractivity contribution < 1.29 is 4.79 Å². The number of halogens is 1. The van der Waals surface area contributed by atoms with Crippen molar-refractivity contribution in [3.8, 4) is 0 Å². The molecule has 0 atom stereocenters. The van der Waals surface area contributed by atoms with Crippen molar-refractivity contribution in [2.24, 2.45) is 5.41 Å². The van der Waals surface area contributed by atoms with Gasteiger partial charge in [-0.25, -0.2) is 0 Å². The summed E-state index contributed by atoms with van der Waals surface area (Å²) in [6, 6.07) is 0.616. The third-order valence-corrected chi connectivity index (χ3v) is 4.23. The second kappa shape index (κ2) is 6.05. The minimum absolute atomic E-state index is 0. The van der Waals surface area contributed by atoms with E-state index in [9.17, 15) is 4.79 Å². The number of nitrogens with zero attached hydrogens (tertiary/aromatic N) is 1. The molecule has 0 spiro atoms. The lowest BCUT2D eigenvalue weighted by atomic mass is 9.96. The van der Waals surface area contributed by atoms with Gasteiger partial charge >= 0.3 is 0 Å². The third kappa shape index (κ3) is 3.14. The number of piperidine rings is 1. The first kappa shape index (κ1) is 14.8. The molecule has 2 rings (SSSR count). The van der Waals surface area contributed by atoms with Gasteiger partial charge in [0, 0.05) is 24.5 Å². The zero-order chi connectivity index (χ0) is 11.6. The molecule has 1 heterocycles. The molecule has 1 saturated carbocycles. The van der Waals surface area contributed by atoms with Crippen molar-refractivity contribution in [1.29, 1.82) is 0 Å². The van der Waals surface area contributed by atoms with E-state index in [1.54, 1.807) is 0 Å². The van der Waals surface area contributed by atoms with E-state index in [1.807, 2.05) is 7.05 Å². The highest BCUT2D eigenvalue weighted by Crippen LogP contribution is 2.51. The van der Waals surface area contributed by atoms with Crippen LogP contribution >= 0.6 is 12.4 Å². The lowest BCUT2D eigenvalue weighted by Crippen LogP contribution is -2.46. The molecule has 0 radical (unpaired) electrons. The fraction of sp³-hybridized carbons (Fsp3) is 0.923. The number of likely N-dealkylation sites (tertiary alicyclic amines) is 1. The van der Waals surface area contributed by atoms with Crippen molar-refractivity contribution >= 4 is 18.3 Å². The van der Waals surface area contributed by atoms with Gasteiger partial charge in [0.15, 0.2) is 0 Å². The third-order valence-electron chi connectivity index (χ3n) is 4.23. The standard InChI is InChI=1S/C13H24N2O.ClH/c1-3-6-13(7-8-13)12(16)15-9-4-11(14-2)5-10-15;/h11,14H,3-10H2,1-2H3;1H. The highest BCUT2D eigenvalue weighted by Gasteiger charge is 2.50. The van der Waals surface area contributed by atoms with Gasteiger partial charge in [0.1, 0.15) is 0 Å². The van der Waals surface area contributed by atoms with Gasteiger partial charge in [0.25, 0.3) is 0 Å². The minimum atomic E-state index is 0. The molecule has 0 aromatic heterocycles. The Bertz CT molecular complexity index is 258. The van der Waals surface area contributed by atoms with E-state index in [-0.39, 0.29) is 17.8 Å². The molecule has 1 aliphatic heterocycles. The second-order valence-corrected chi connectivity index (χ2v) is 5.39. The number of amides is 1. The zero-order valence-electron chi connectivity index (χ0n) is 11.0. The summed E-state index contributed by atoms with van der Waals surface area (Å²) in [5, 5.41) is 3.30. The first-order valence-electron chi connectivity index (χ1n) is 6.68. The Labute approximate surface area is 111 Å². The lowest BCUT2D eigenvalue weighted by molar-refractivity contribution is -0.138. The average Bonchev–Trinajstić information content (AvgIpc) is 3.10.